The quantitative estimate of drug-likeness (QED) is 0.624. The Balaban J connectivity index is 1.81. The molecule has 0 spiro atoms. The monoisotopic (exact) mass is 223 g/mol. The first kappa shape index (κ1) is 10.9. The lowest BCUT2D eigenvalue weighted by molar-refractivity contribution is 0.341. The Hall–Kier alpha value is -0.610. The van der Waals surface area contributed by atoms with E-state index in [0.717, 1.165) is 28.2 Å². The molecule has 0 radical (unpaired) electrons. The Labute approximate surface area is 95.1 Å². The maximum Gasteiger partial charge on any atom is 0.187 e. The molecule has 3 nitrogen and oxygen atoms in total. The summed E-state index contributed by atoms with van der Waals surface area (Å²) in [4.78, 5) is 8.82. The molecule has 1 fully saturated rings. The summed E-state index contributed by atoms with van der Waals surface area (Å²) in [5.74, 6) is 2.01. The molecule has 2 heterocycles. The van der Waals surface area contributed by atoms with Gasteiger partial charge >= 0.3 is 0 Å². The van der Waals surface area contributed by atoms with Gasteiger partial charge in [0.25, 0.3) is 0 Å². The molecule has 1 aliphatic rings. The lowest BCUT2D eigenvalue weighted by Crippen LogP contribution is -2.42. The Morgan fingerprint density at radius 2 is 2.00 bits per heavy atom. The maximum atomic E-state index is 4.41. The molecule has 4 heteroatoms. The van der Waals surface area contributed by atoms with Gasteiger partial charge in [-0.2, -0.15) is 0 Å². The van der Waals surface area contributed by atoms with Crippen LogP contribution in [0, 0.1) is 19.8 Å². The fourth-order valence-corrected chi connectivity index (χ4v) is 2.68. The molecular weight excluding hydrogens is 206 g/mol. The summed E-state index contributed by atoms with van der Waals surface area (Å²) in [7, 11) is 0. The SMILES string of the molecule is Cc1cc(C)nc(SCCC2CNC2)n1. The van der Waals surface area contributed by atoms with E-state index in [-0.39, 0.29) is 0 Å². The second-order valence-corrected chi connectivity index (χ2v) is 5.16. The molecule has 0 saturated carbocycles. The van der Waals surface area contributed by atoms with Crippen LogP contribution in [0.4, 0.5) is 0 Å². The Kier molecular flexibility index (Phi) is 3.59. The van der Waals surface area contributed by atoms with E-state index in [4.69, 9.17) is 0 Å². The van der Waals surface area contributed by atoms with E-state index >= 15 is 0 Å². The van der Waals surface area contributed by atoms with Gasteiger partial charge in [0, 0.05) is 17.1 Å². The Bertz CT molecular complexity index is 316. The van der Waals surface area contributed by atoms with Crippen LogP contribution in [0.1, 0.15) is 17.8 Å². The topological polar surface area (TPSA) is 37.8 Å². The molecule has 0 bridgehead atoms. The van der Waals surface area contributed by atoms with E-state index in [1.165, 1.54) is 19.5 Å². The van der Waals surface area contributed by atoms with Gasteiger partial charge < -0.3 is 5.32 Å². The van der Waals surface area contributed by atoms with Gasteiger partial charge in [-0.05, 0) is 45.3 Å². The molecule has 0 aromatic carbocycles. The predicted molar refractivity (Wildman–Crippen MR) is 63.2 cm³/mol. The van der Waals surface area contributed by atoms with Gasteiger partial charge in [0.2, 0.25) is 0 Å². The molecule has 0 atom stereocenters. The predicted octanol–water partition coefficient (Wildman–Crippen LogP) is 1.80. The molecule has 0 unspecified atom stereocenters. The first-order valence-corrected chi connectivity index (χ1v) is 6.38. The zero-order chi connectivity index (χ0) is 10.7. The van der Waals surface area contributed by atoms with Crippen LogP contribution < -0.4 is 5.32 Å². The average molecular weight is 223 g/mol. The molecule has 2 rings (SSSR count). The van der Waals surface area contributed by atoms with Gasteiger partial charge in [0.15, 0.2) is 5.16 Å². The van der Waals surface area contributed by atoms with Crippen LogP contribution in [0.5, 0.6) is 0 Å². The normalized spacial score (nSPS) is 16.4. The van der Waals surface area contributed by atoms with E-state index < -0.39 is 0 Å². The molecule has 1 aliphatic heterocycles. The third-order valence-corrected chi connectivity index (χ3v) is 3.47. The molecule has 1 aromatic rings. The number of nitrogens with one attached hydrogen (secondary N) is 1. The summed E-state index contributed by atoms with van der Waals surface area (Å²) in [5.41, 5.74) is 2.13. The van der Waals surface area contributed by atoms with Crippen molar-refractivity contribution in [3.8, 4) is 0 Å². The molecular formula is C11H17N3S. The number of hydrogen-bond donors (Lipinski definition) is 1. The minimum Gasteiger partial charge on any atom is -0.316 e. The number of hydrogen-bond acceptors (Lipinski definition) is 4. The van der Waals surface area contributed by atoms with Crippen LogP contribution in [0.2, 0.25) is 0 Å². The lowest BCUT2D eigenvalue weighted by Gasteiger charge is -2.26. The Morgan fingerprint density at radius 1 is 1.33 bits per heavy atom. The molecule has 0 amide bonds. The minimum atomic E-state index is 0.878. The highest BCUT2D eigenvalue weighted by Gasteiger charge is 2.16. The van der Waals surface area contributed by atoms with Crippen molar-refractivity contribution in [1.29, 1.82) is 0 Å². The average Bonchev–Trinajstić information content (AvgIpc) is 2.07. The highest BCUT2D eigenvalue weighted by Crippen LogP contribution is 2.18. The number of aryl methyl sites for hydroxylation is 2. The van der Waals surface area contributed by atoms with Crippen molar-refractivity contribution in [2.24, 2.45) is 5.92 Å². The minimum absolute atomic E-state index is 0.878. The summed E-state index contributed by atoms with van der Waals surface area (Å²) >= 11 is 1.78. The fourth-order valence-electron chi connectivity index (χ4n) is 1.63. The molecule has 1 N–H and O–H groups in total. The zero-order valence-corrected chi connectivity index (χ0v) is 10.1. The number of thioether (sulfide) groups is 1. The molecule has 15 heavy (non-hydrogen) atoms. The smallest absolute Gasteiger partial charge is 0.187 e. The Morgan fingerprint density at radius 3 is 2.53 bits per heavy atom. The maximum absolute atomic E-state index is 4.41. The molecule has 82 valence electrons. The van der Waals surface area contributed by atoms with Crippen LogP contribution >= 0.6 is 11.8 Å². The zero-order valence-electron chi connectivity index (χ0n) is 9.29. The highest BCUT2D eigenvalue weighted by molar-refractivity contribution is 7.99. The first-order valence-electron chi connectivity index (χ1n) is 5.40. The van der Waals surface area contributed by atoms with E-state index in [2.05, 4.69) is 15.3 Å². The number of aromatic nitrogens is 2. The summed E-state index contributed by atoms with van der Waals surface area (Å²) in [6.45, 7) is 6.42. The summed E-state index contributed by atoms with van der Waals surface area (Å²) in [6.07, 6.45) is 1.27. The summed E-state index contributed by atoms with van der Waals surface area (Å²) in [6, 6.07) is 2.01. The third kappa shape index (κ3) is 3.18. The van der Waals surface area contributed by atoms with E-state index in [0.29, 0.717) is 0 Å². The van der Waals surface area contributed by atoms with Gasteiger partial charge in [0.05, 0.1) is 0 Å². The van der Waals surface area contributed by atoms with Crippen molar-refractivity contribution in [2.45, 2.75) is 25.4 Å². The van der Waals surface area contributed by atoms with Crippen molar-refractivity contribution >= 4 is 11.8 Å². The van der Waals surface area contributed by atoms with Gasteiger partial charge in [-0.1, -0.05) is 11.8 Å². The lowest BCUT2D eigenvalue weighted by atomic mass is 10.0. The summed E-state index contributed by atoms with van der Waals surface area (Å²) < 4.78 is 0. The first-order chi connectivity index (χ1) is 7.24. The van der Waals surface area contributed by atoms with Gasteiger partial charge in [-0.15, -0.1) is 0 Å². The fraction of sp³-hybridized carbons (Fsp3) is 0.636. The van der Waals surface area contributed by atoms with Crippen molar-refractivity contribution in [3.63, 3.8) is 0 Å². The highest BCUT2D eigenvalue weighted by atomic mass is 32.2. The van der Waals surface area contributed by atoms with Crippen molar-refractivity contribution in [2.75, 3.05) is 18.8 Å². The van der Waals surface area contributed by atoms with Crippen LogP contribution in [-0.4, -0.2) is 28.8 Å². The summed E-state index contributed by atoms with van der Waals surface area (Å²) in [5, 5.41) is 4.22. The van der Waals surface area contributed by atoms with Gasteiger partial charge in [0.1, 0.15) is 0 Å². The van der Waals surface area contributed by atoms with Crippen LogP contribution in [-0.2, 0) is 0 Å². The number of rotatable bonds is 4. The second-order valence-electron chi connectivity index (χ2n) is 4.09. The van der Waals surface area contributed by atoms with Crippen molar-refractivity contribution < 1.29 is 0 Å². The van der Waals surface area contributed by atoms with Gasteiger partial charge in [-0.3, -0.25) is 0 Å². The van der Waals surface area contributed by atoms with Crippen LogP contribution in [0.3, 0.4) is 0 Å². The van der Waals surface area contributed by atoms with E-state index in [1.54, 1.807) is 11.8 Å². The second kappa shape index (κ2) is 4.94. The van der Waals surface area contributed by atoms with Crippen LogP contribution in [0.15, 0.2) is 11.2 Å². The number of nitrogens with zero attached hydrogens (tertiary/aromatic N) is 2. The van der Waals surface area contributed by atoms with Crippen molar-refractivity contribution in [1.82, 2.24) is 15.3 Å². The van der Waals surface area contributed by atoms with E-state index in [9.17, 15) is 0 Å². The molecule has 0 aliphatic carbocycles. The standard InChI is InChI=1S/C11H17N3S/c1-8-5-9(2)14-11(13-8)15-4-3-10-6-12-7-10/h5,10,12H,3-4,6-7H2,1-2H3. The largest absolute Gasteiger partial charge is 0.316 e. The van der Waals surface area contributed by atoms with Crippen LogP contribution in [0.25, 0.3) is 0 Å². The molecule has 1 saturated heterocycles. The third-order valence-electron chi connectivity index (χ3n) is 2.59. The van der Waals surface area contributed by atoms with Gasteiger partial charge in [-0.25, -0.2) is 9.97 Å². The molecule has 1 aromatic heterocycles. The van der Waals surface area contributed by atoms with E-state index in [1.807, 2.05) is 19.9 Å². The van der Waals surface area contributed by atoms with Crippen molar-refractivity contribution in [3.05, 3.63) is 17.5 Å².